The van der Waals surface area contributed by atoms with Crippen LogP contribution in [0.3, 0.4) is 0 Å². The lowest BCUT2D eigenvalue weighted by Crippen LogP contribution is -2.37. The Labute approximate surface area is 129 Å². The van der Waals surface area contributed by atoms with Crippen molar-refractivity contribution in [3.8, 4) is 0 Å². The fourth-order valence-electron chi connectivity index (χ4n) is 3.54. The lowest BCUT2D eigenvalue weighted by Gasteiger charge is -2.34. The smallest absolute Gasteiger partial charge is 0.175 e. The van der Waals surface area contributed by atoms with Gasteiger partial charge in [0, 0.05) is 18.3 Å². The quantitative estimate of drug-likeness (QED) is 0.925. The van der Waals surface area contributed by atoms with Gasteiger partial charge in [-0.2, -0.15) is 0 Å². The van der Waals surface area contributed by atoms with Gasteiger partial charge in [0.05, 0.1) is 4.90 Å². The molecule has 2 rings (SSSR count). The first-order valence-corrected chi connectivity index (χ1v) is 9.71. The third kappa shape index (κ3) is 4.55. The summed E-state index contributed by atoms with van der Waals surface area (Å²) >= 11 is 0. The van der Waals surface area contributed by atoms with Crippen molar-refractivity contribution in [2.75, 3.05) is 6.26 Å². The molecule has 1 aliphatic rings. The standard InChI is InChI=1S/C17H27NO2S/c1-12-9-13(2)11-16(10-12)18-14(3)15-5-7-17(8-6-15)21(4,19)20/h5-8,12-14,16,18H,9-11H2,1-4H3. The molecular formula is C17H27NO2S. The molecule has 0 heterocycles. The molecule has 1 saturated carbocycles. The molecule has 0 aromatic heterocycles. The Kier molecular flexibility index (Phi) is 5.10. The highest BCUT2D eigenvalue weighted by atomic mass is 32.2. The Balaban J connectivity index is 2.01. The third-order valence-electron chi connectivity index (χ3n) is 4.47. The molecule has 3 atom stereocenters. The summed E-state index contributed by atoms with van der Waals surface area (Å²) in [5.41, 5.74) is 1.15. The molecule has 0 spiro atoms. The maximum Gasteiger partial charge on any atom is 0.175 e. The average molecular weight is 309 g/mol. The summed E-state index contributed by atoms with van der Waals surface area (Å²) in [5.74, 6) is 1.57. The van der Waals surface area contributed by atoms with Gasteiger partial charge in [-0.25, -0.2) is 8.42 Å². The number of sulfone groups is 1. The van der Waals surface area contributed by atoms with Crippen LogP contribution in [-0.2, 0) is 9.84 Å². The lowest BCUT2D eigenvalue weighted by molar-refractivity contribution is 0.228. The first-order valence-electron chi connectivity index (χ1n) is 7.81. The van der Waals surface area contributed by atoms with Crippen LogP contribution in [0, 0.1) is 11.8 Å². The van der Waals surface area contributed by atoms with Crippen molar-refractivity contribution >= 4 is 9.84 Å². The zero-order valence-electron chi connectivity index (χ0n) is 13.5. The van der Waals surface area contributed by atoms with E-state index in [0.717, 1.165) is 17.4 Å². The summed E-state index contributed by atoms with van der Waals surface area (Å²) in [4.78, 5) is 0.387. The second-order valence-corrected chi connectivity index (χ2v) is 8.86. The first-order chi connectivity index (χ1) is 9.75. The van der Waals surface area contributed by atoms with Crippen LogP contribution in [0.1, 0.15) is 51.6 Å². The van der Waals surface area contributed by atoms with Gasteiger partial charge in [0.2, 0.25) is 0 Å². The summed E-state index contributed by atoms with van der Waals surface area (Å²) in [6.45, 7) is 6.81. The topological polar surface area (TPSA) is 46.2 Å². The highest BCUT2D eigenvalue weighted by Crippen LogP contribution is 2.30. The molecular weight excluding hydrogens is 282 g/mol. The van der Waals surface area contributed by atoms with Crippen LogP contribution in [0.25, 0.3) is 0 Å². The minimum absolute atomic E-state index is 0.251. The summed E-state index contributed by atoms with van der Waals surface area (Å²) in [7, 11) is -3.11. The highest BCUT2D eigenvalue weighted by molar-refractivity contribution is 7.90. The van der Waals surface area contributed by atoms with Crippen molar-refractivity contribution in [2.24, 2.45) is 11.8 Å². The molecule has 3 unspecified atom stereocenters. The number of rotatable bonds is 4. The Morgan fingerprint density at radius 1 is 1.05 bits per heavy atom. The predicted octanol–water partition coefficient (Wildman–Crippen LogP) is 3.57. The van der Waals surface area contributed by atoms with Crippen molar-refractivity contribution in [1.82, 2.24) is 5.32 Å². The van der Waals surface area contributed by atoms with E-state index in [1.54, 1.807) is 12.1 Å². The van der Waals surface area contributed by atoms with Gasteiger partial charge >= 0.3 is 0 Å². The maximum absolute atomic E-state index is 11.5. The fourth-order valence-corrected chi connectivity index (χ4v) is 4.17. The van der Waals surface area contributed by atoms with Crippen molar-refractivity contribution in [2.45, 2.75) is 57.0 Å². The number of nitrogens with one attached hydrogen (secondary N) is 1. The van der Waals surface area contributed by atoms with Gasteiger partial charge in [0.25, 0.3) is 0 Å². The number of benzene rings is 1. The summed E-state index contributed by atoms with van der Waals surface area (Å²) < 4.78 is 23.0. The van der Waals surface area contributed by atoms with Gasteiger partial charge in [-0.1, -0.05) is 26.0 Å². The molecule has 0 saturated heterocycles. The van der Waals surface area contributed by atoms with Crippen LogP contribution < -0.4 is 5.32 Å². The molecule has 4 heteroatoms. The Morgan fingerprint density at radius 3 is 2.05 bits per heavy atom. The van der Waals surface area contributed by atoms with Crippen molar-refractivity contribution in [3.63, 3.8) is 0 Å². The van der Waals surface area contributed by atoms with Crippen molar-refractivity contribution < 1.29 is 8.42 Å². The SMILES string of the molecule is CC1CC(C)CC(NC(C)c2ccc(S(C)(=O)=O)cc2)C1. The van der Waals surface area contributed by atoms with E-state index in [2.05, 4.69) is 26.1 Å². The van der Waals surface area contributed by atoms with Crippen LogP contribution in [0.4, 0.5) is 0 Å². The average Bonchev–Trinajstić information content (AvgIpc) is 2.36. The minimum Gasteiger partial charge on any atom is -0.307 e. The van der Waals surface area contributed by atoms with Crippen molar-refractivity contribution in [3.05, 3.63) is 29.8 Å². The largest absolute Gasteiger partial charge is 0.307 e. The van der Waals surface area contributed by atoms with Gasteiger partial charge in [-0.05, 0) is 55.7 Å². The zero-order chi connectivity index (χ0) is 15.6. The van der Waals surface area contributed by atoms with E-state index < -0.39 is 9.84 Å². The molecule has 1 aromatic carbocycles. The molecule has 1 N–H and O–H groups in total. The fraction of sp³-hybridized carbons (Fsp3) is 0.647. The summed E-state index contributed by atoms with van der Waals surface area (Å²) in [5, 5.41) is 3.70. The zero-order valence-corrected chi connectivity index (χ0v) is 14.3. The first kappa shape index (κ1) is 16.5. The molecule has 0 radical (unpaired) electrons. The van der Waals surface area contributed by atoms with E-state index >= 15 is 0 Å². The van der Waals surface area contributed by atoms with Crippen molar-refractivity contribution in [1.29, 1.82) is 0 Å². The number of hydrogen-bond donors (Lipinski definition) is 1. The molecule has 1 aliphatic carbocycles. The Morgan fingerprint density at radius 2 is 1.57 bits per heavy atom. The van der Waals surface area contributed by atoms with Crippen LogP contribution in [0.15, 0.2) is 29.2 Å². The second kappa shape index (κ2) is 6.49. The highest BCUT2D eigenvalue weighted by Gasteiger charge is 2.25. The monoisotopic (exact) mass is 309 g/mol. The molecule has 1 fully saturated rings. The maximum atomic E-state index is 11.5. The van der Waals surface area contributed by atoms with E-state index in [0.29, 0.717) is 10.9 Å². The normalized spacial score (nSPS) is 28.3. The molecule has 0 aliphatic heterocycles. The third-order valence-corrected chi connectivity index (χ3v) is 5.60. The summed E-state index contributed by atoms with van der Waals surface area (Å²) in [6, 6.07) is 8.06. The van der Waals surface area contributed by atoms with Gasteiger partial charge in [0.15, 0.2) is 9.84 Å². The summed E-state index contributed by atoms with van der Waals surface area (Å²) in [6.07, 6.45) is 5.04. The van der Waals surface area contributed by atoms with Crippen LogP contribution in [0.5, 0.6) is 0 Å². The van der Waals surface area contributed by atoms with Crippen LogP contribution >= 0.6 is 0 Å². The van der Waals surface area contributed by atoms with Gasteiger partial charge < -0.3 is 5.32 Å². The van der Waals surface area contributed by atoms with Gasteiger partial charge in [-0.15, -0.1) is 0 Å². The predicted molar refractivity (Wildman–Crippen MR) is 87.1 cm³/mol. The molecule has 0 amide bonds. The minimum atomic E-state index is -3.11. The van der Waals surface area contributed by atoms with E-state index in [1.807, 2.05) is 12.1 Å². The molecule has 3 nitrogen and oxygen atoms in total. The number of hydrogen-bond acceptors (Lipinski definition) is 3. The lowest BCUT2D eigenvalue weighted by atomic mass is 9.80. The van der Waals surface area contributed by atoms with E-state index in [9.17, 15) is 8.42 Å². The molecule has 0 bridgehead atoms. The Bertz CT molecular complexity index is 555. The molecule has 1 aromatic rings. The second-order valence-electron chi connectivity index (χ2n) is 6.84. The van der Waals surface area contributed by atoms with E-state index in [4.69, 9.17) is 0 Å². The van der Waals surface area contributed by atoms with Crippen LogP contribution in [-0.4, -0.2) is 20.7 Å². The van der Waals surface area contributed by atoms with E-state index in [1.165, 1.54) is 25.5 Å². The van der Waals surface area contributed by atoms with E-state index in [-0.39, 0.29) is 6.04 Å². The molecule has 21 heavy (non-hydrogen) atoms. The van der Waals surface area contributed by atoms with Gasteiger partial charge in [-0.3, -0.25) is 0 Å². The van der Waals surface area contributed by atoms with Crippen LogP contribution in [0.2, 0.25) is 0 Å². The Hall–Kier alpha value is -0.870. The van der Waals surface area contributed by atoms with Gasteiger partial charge in [0.1, 0.15) is 0 Å². The molecule has 118 valence electrons.